The molecule has 0 aliphatic carbocycles. The van der Waals surface area contributed by atoms with Crippen LogP contribution in [-0.4, -0.2) is 31.3 Å². The van der Waals surface area contributed by atoms with E-state index < -0.39 is 0 Å². The second-order valence-corrected chi connectivity index (χ2v) is 3.94. The standard InChI is InChI=1S/C11H16N6/c1-8-9(2)15-16-11(14-8)13-5-4-10-12-6-7-17(10)3/h6-7H,4-5H2,1-3H3,(H,13,14,16). The fourth-order valence-corrected chi connectivity index (χ4v) is 1.46. The third-order valence-electron chi connectivity index (χ3n) is 2.64. The van der Waals surface area contributed by atoms with E-state index in [1.54, 1.807) is 6.20 Å². The zero-order valence-electron chi connectivity index (χ0n) is 10.3. The summed E-state index contributed by atoms with van der Waals surface area (Å²) in [6.45, 7) is 4.57. The van der Waals surface area contributed by atoms with Crippen molar-refractivity contribution in [2.45, 2.75) is 20.3 Å². The minimum Gasteiger partial charge on any atom is -0.352 e. The highest BCUT2D eigenvalue weighted by molar-refractivity contribution is 5.24. The monoisotopic (exact) mass is 232 g/mol. The van der Waals surface area contributed by atoms with Crippen LogP contribution in [0.25, 0.3) is 0 Å². The Hall–Kier alpha value is -1.98. The van der Waals surface area contributed by atoms with Crippen molar-refractivity contribution < 1.29 is 0 Å². The van der Waals surface area contributed by atoms with Crippen LogP contribution in [0.3, 0.4) is 0 Å². The maximum Gasteiger partial charge on any atom is 0.242 e. The lowest BCUT2D eigenvalue weighted by Crippen LogP contribution is -2.12. The molecule has 0 radical (unpaired) electrons. The van der Waals surface area contributed by atoms with Gasteiger partial charge in [0, 0.05) is 32.4 Å². The van der Waals surface area contributed by atoms with E-state index in [0.29, 0.717) is 5.95 Å². The summed E-state index contributed by atoms with van der Waals surface area (Å²) in [5.74, 6) is 1.61. The molecule has 0 saturated heterocycles. The van der Waals surface area contributed by atoms with Gasteiger partial charge in [0.2, 0.25) is 5.95 Å². The molecule has 0 fully saturated rings. The van der Waals surface area contributed by atoms with E-state index in [-0.39, 0.29) is 0 Å². The van der Waals surface area contributed by atoms with Gasteiger partial charge in [-0.05, 0) is 13.8 Å². The SMILES string of the molecule is Cc1nnc(NCCc2nccn2C)nc1C. The van der Waals surface area contributed by atoms with Crippen LogP contribution in [-0.2, 0) is 13.5 Å². The first-order valence-corrected chi connectivity index (χ1v) is 5.55. The predicted octanol–water partition coefficient (Wildman–Crippen LogP) is 0.877. The highest BCUT2D eigenvalue weighted by atomic mass is 15.2. The topological polar surface area (TPSA) is 68.5 Å². The van der Waals surface area contributed by atoms with Gasteiger partial charge in [-0.15, -0.1) is 5.10 Å². The lowest BCUT2D eigenvalue weighted by Gasteiger charge is -2.05. The number of imidazole rings is 1. The van der Waals surface area contributed by atoms with Gasteiger partial charge in [0.1, 0.15) is 5.82 Å². The van der Waals surface area contributed by atoms with Crippen molar-refractivity contribution in [2.75, 3.05) is 11.9 Å². The van der Waals surface area contributed by atoms with Crippen molar-refractivity contribution >= 4 is 5.95 Å². The van der Waals surface area contributed by atoms with Crippen molar-refractivity contribution in [1.29, 1.82) is 0 Å². The number of hydrogen-bond acceptors (Lipinski definition) is 5. The normalized spacial score (nSPS) is 10.5. The molecule has 0 aliphatic rings. The first-order valence-electron chi connectivity index (χ1n) is 5.55. The second-order valence-electron chi connectivity index (χ2n) is 3.94. The summed E-state index contributed by atoms with van der Waals surface area (Å²) in [6.07, 6.45) is 4.56. The van der Waals surface area contributed by atoms with E-state index in [2.05, 4.69) is 25.5 Å². The van der Waals surface area contributed by atoms with Gasteiger partial charge in [0.05, 0.1) is 11.4 Å². The highest BCUT2D eigenvalue weighted by Crippen LogP contribution is 2.02. The maximum atomic E-state index is 4.30. The van der Waals surface area contributed by atoms with E-state index in [0.717, 1.165) is 30.2 Å². The first-order chi connectivity index (χ1) is 8.16. The van der Waals surface area contributed by atoms with E-state index in [9.17, 15) is 0 Å². The number of aromatic nitrogens is 5. The van der Waals surface area contributed by atoms with Gasteiger partial charge in [-0.1, -0.05) is 0 Å². The molecule has 2 aromatic heterocycles. The average molecular weight is 232 g/mol. The van der Waals surface area contributed by atoms with Crippen LogP contribution in [0.2, 0.25) is 0 Å². The smallest absolute Gasteiger partial charge is 0.242 e. The number of nitrogens with one attached hydrogen (secondary N) is 1. The number of nitrogens with zero attached hydrogens (tertiary/aromatic N) is 5. The molecule has 0 spiro atoms. The third kappa shape index (κ3) is 2.77. The van der Waals surface area contributed by atoms with E-state index in [4.69, 9.17) is 0 Å². The van der Waals surface area contributed by atoms with Crippen LogP contribution >= 0.6 is 0 Å². The summed E-state index contributed by atoms with van der Waals surface area (Å²) in [5, 5.41) is 11.1. The Labute approximate surface area is 100 Å². The summed E-state index contributed by atoms with van der Waals surface area (Å²) in [5.41, 5.74) is 1.76. The molecular weight excluding hydrogens is 216 g/mol. The molecule has 2 rings (SSSR count). The Morgan fingerprint density at radius 1 is 1.24 bits per heavy atom. The van der Waals surface area contributed by atoms with Gasteiger partial charge in [-0.3, -0.25) is 0 Å². The first kappa shape index (κ1) is 11.5. The van der Waals surface area contributed by atoms with Crippen LogP contribution in [0.15, 0.2) is 12.4 Å². The van der Waals surface area contributed by atoms with Crippen LogP contribution in [0, 0.1) is 13.8 Å². The molecular formula is C11H16N6. The van der Waals surface area contributed by atoms with Gasteiger partial charge in [-0.25, -0.2) is 9.97 Å². The second kappa shape index (κ2) is 4.90. The zero-order chi connectivity index (χ0) is 12.3. The van der Waals surface area contributed by atoms with E-state index >= 15 is 0 Å². The molecule has 0 amide bonds. The molecule has 0 atom stereocenters. The fourth-order valence-electron chi connectivity index (χ4n) is 1.46. The summed E-state index contributed by atoms with van der Waals surface area (Å²) < 4.78 is 2.00. The molecule has 0 aromatic carbocycles. The minimum atomic E-state index is 0.572. The van der Waals surface area contributed by atoms with Gasteiger partial charge in [0.15, 0.2) is 0 Å². The Bertz CT molecular complexity index is 504. The lowest BCUT2D eigenvalue weighted by atomic mass is 10.4. The molecule has 0 unspecified atom stereocenters. The molecule has 90 valence electrons. The van der Waals surface area contributed by atoms with Gasteiger partial charge in [-0.2, -0.15) is 5.10 Å². The predicted molar refractivity (Wildman–Crippen MR) is 64.7 cm³/mol. The molecule has 0 saturated carbocycles. The Balaban J connectivity index is 1.90. The van der Waals surface area contributed by atoms with Crippen LogP contribution in [0.5, 0.6) is 0 Å². The van der Waals surface area contributed by atoms with Gasteiger partial charge < -0.3 is 9.88 Å². The molecule has 6 heteroatoms. The average Bonchev–Trinajstić information content (AvgIpc) is 2.70. The van der Waals surface area contributed by atoms with Crippen molar-refractivity contribution in [1.82, 2.24) is 24.7 Å². The van der Waals surface area contributed by atoms with Crippen LogP contribution < -0.4 is 5.32 Å². The molecule has 2 heterocycles. The summed E-state index contributed by atoms with van der Waals surface area (Å²) >= 11 is 0. The summed E-state index contributed by atoms with van der Waals surface area (Å²) in [7, 11) is 1.98. The fraction of sp³-hybridized carbons (Fsp3) is 0.455. The molecule has 0 bridgehead atoms. The Morgan fingerprint density at radius 3 is 2.71 bits per heavy atom. The maximum absolute atomic E-state index is 4.30. The van der Waals surface area contributed by atoms with Gasteiger partial charge in [0.25, 0.3) is 0 Å². The van der Waals surface area contributed by atoms with Crippen LogP contribution in [0.4, 0.5) is 5.95 Å². The van der Waals surface area contributed by atoms with Gasteiger partial charge >= 0.3 is 0 Å². The Morgan fingerprint density at radius 2 is 2.06 bits per heavy atom. The highest BCUT2D eigenvalue weighted by Gasteiger charge is 2.02. The van der Waals surface area contributed by atoms with Crippen molar-refractivity contribution in [3.05, 3.63) is 29.6 Å². The number of anilines is 1. The van der Waals surface area contributed by atoms with E-state index in [1.165, 1.54) is 0 Å². The summed E-state index contributed by atoms with van der Waals surface area (Å²) in [6, 6.07) is 0. The molecule has 0 aliphatic heterocycles. The zero-order valence-corrected chi connectivity index (χ0v) is 10.3. The summed E-state index contributed by atoms with van der Waals surface area (Å²) in [4.78, 5) is 8.55. The lowest BCUT2D eigenvalue weighted by molar-refractivity contribution is 0.782. The molecule has 6 nitrogen and oxygen atoms in total. The minimum absolute atomic E-state index is 0.572. The quantitative estimate of drug-likeness (QED) is 0.847. The Kier molecular flexibility index (Phi) is 3.32. The molecule has 2 aromatic rings. The largest absolute Gasteiger partial charge is 0.352 e. The number of aryl methyl sites for hydroxylation is 3. The van der Waals surface area contributed by atoms with Crippen LogP contribution in [0.1, 0.15) is 17.2 Å². The van der Waals surface area contributed by atoms with Crippen molar-refractivity contribution in [3.8, 4) is 0 Å². The molecule has 17 heavy (non-hydrogen) atoms. The van der Waals surface area contributed by atoms with Crippen molar-refractivity contribution in [3.63, 3.8) is 0 Å². The number of hydrogen-bond donors (Lipinski definition) is 1. The number of rotatable bonds is 4. The van der Waals surface area contributed by atoms with Crippen molar-refractivity contribution in [2.24, 2.45) is 7.05 Å². The van der Waals surface area contributed by atoms with E-state index in [1.807, 2.05) is 31.7 Å². The third-order valence-corrected chi connectivity index (χ3v) is 2.64. The molecule has 1 N–H and O–H groups in total.